The van der Waals surface area contributed by atoms with Crippen LogP contribution < -0.4 is 0 Å². The standard InChI is InChI=1S/C37H23N7/c1-4-12-24(13-5-1)35-40-36(25-14-6-2-7-15-25)42-37(41-35)44-28-19-11-10-18-27(28)32-29(44)20-21-30-33(32)34-31(22-38-23-39-34)43(30)26-16-8-3-9-17-26/h1-23H. The van der Waals surface area contributed by atoms with Crippen LogP contribution in [0.1, 0.15) is 0 Å². The summed E-state index contributed by atoms with van der Waals surface area (Å²) in [6.07, 6.45) is 3.52. The maximum atomic E-state index is 5.08. The predicted octanol–water partition coefficient (Wildman–Crippen LogP) is 8.19. The van der Waals surface area contributed by atoms with Crippen LogP contribution >= 0.6 is 0 Å². The molecule has 0 spiro atoms. The lowest BCUT2D eigenvalue weighted by molar-refractivity contribution is 0.953. The molecular weight excluding hydrogens is 542 g/mol. The molecule has 0 aliphatic heterocycles. The van der Waals surface area contributed by atoms with Gasteiger partial charge in [-0.05, 0) is 30.3 Å². The SMILES string of the molecule is c1ccc(-c2nc(-c3ccccc3)nc(-n3c4ccccc4c4c5c6ncncc6n(-c6ccccc6)c5ccc43)n2)cc1. The van der Waals surface area contributed by atoms with Gasteiger partial charge in [0.15, 0.2) is 11.6 Å². The van der Waals surface area contributed by atoms with Gasteiger partial charge in [0.2, 0.25) is 5.95 Å². The molecule has 0 aliphatic rings. The van der Waals surface area contributed by atoms with Crippen LogP contribution in [-0.4, -0.2) is 34.1 Å². The summed E-state index contributed by atoms with van der Waals surface area (Å²) in [5.74, 6) is 1.80. The molecule has 4 aromatic heterocycles. The van der Waals surface area contributed by atoms with E-state index in [4.69, 9.17) is 19.9 Å². The molecule has 0 saturated carbocycles. The molecule has 0 atom stereocenters. The summed E-state index contributed by atoms with van der Waals surface area (Å²) in [5.41, 5.74) is 7.84. The van der Waals surface area contributed by atoms with Gasteiger partial charge >= 0.3 is 0 Å². The van der Waals surface area contributed by atoms with Crippen molar-refractivity contribution in [2.45, 2.75) is 0 Å². The number of para-hydroxylation sites is 2. The minimum Gasteiger partial charge on any atom is -0.306 e. The highest BCUT2D eigenvalue weighted by atomic mass is 15.2. The van der Waals surface area contributed by atoms with E-state index in [9.17, 15) is 0 Å². The lowest BCUT2D eigenvalue weighted by Gasteiger charge is -2.11. The van der Waals surface area contributed by atoms with Crippen LogP contribution in [-0.2, 0) is 0 Å². The van der Waals surface area contributed by atoms with Crippen molar-refractivity contribution in [2.24, 2.45) is 0 Å². The summed E-state index contributed by atoms with van der Waals surface area (Å²) in [6, 6.07) is 43.2. The summed E-state index contributed by atoms with van der Waals surface area (Å²) in [6.45, 7) is 0. The zero-order valence-corrected chi connectivity index (χ0v) is 23.4. The van der Waals surface area contributed by atoms with Crippen molar-refractivity contribution >= 4 is 43.7 Å². The molecule has 9 aromatic rings. The highest BCUT2D eigenvalue weighted by molar-refractivity contribution is 6.27. The van der Waals surface area contributed by atoms with Crippen molar-refractivity contribution in [1.82, 2.24) is 34.1 Å². The average molecular weight is 566 g/mol. The van der Waals surface area contributed by atoms with Gasteiger partial charge in [0.1, 0.15) is 11.8 Å². The van der Waals surface area contributed by atoms with Crippen molar-refractivity contribution in [3.8, 4) is 34.4 Å². The highest BCUT2D eigenvalue weighted by Crippen LogP contribution is 2.41. The van der Waals surface area contributed by atoms with Crippen LogP contribution in [0.15, 0.2) is 140 Å². The van der Waals surface area contributed by atoms with Gasteiger partial charge in [-0.1, -0.05) is 97.1 Å². The third kappa shape index (κ3) is 3.66. The van der Waals surface area contributed by atoms with Gasteiger partial charge in [-0.3, -0.25) is 4.57 Å². The maximum absolute atomic E-state index is 5.08. The van der Waals surface area contributed by atoms with Gasteiger partial charge in [-0.2, -0.15) is 9.97 Å². The molecule has 44 heavy (non-hydrogen) atoms. The predicted molar refractivity (Wildman–Crippen MR) is 175 cm³/mol. The quantitative estimate of drug-likeness (QED) is 0.215. The van der Waals surface area contributed by atoms with Gasteiger partial charge < -0.3 is 4.57 Å². The van der Waals surface area contributed by atoms with Crippen LogP contribution in [0.4, 0.5) is 0 Å². The second-order valence-corrected chi connectivity index (χ2v) is 10.6. The number of fused-ring (bicyclic) bond motifs is 7. The molecule has 0 unspecified atom stereocenters. The first-order valence-corrected chi connectivity index (χ1v) is 14.4. The largest absolute Gasteiger partial charge is 0.306 e. The van der Waals surface area contributed by atoms with E-state index in [1.165, 1.54) is 0 Å². The Bertz CT molecular complexity index is 2420. The fraction of sp³-hybridized carbons (Fsp3) is 0. The number of rotatable bonds is 4. The number of aromatic nitrogens is 7. The van der Waals surface area contributed by atoms with Crippen molar-refractivity contribution in [3.63, 3.8) is 0 Å². The van der Waals surface area contributed by atoms with E-state index >= 15 is 0 Å². The molecule has 9 rings (SSSR count). The Balaban J connectivity index is 1.41. The molecule has 0 aliphatic carbocycles. The zero-order chi connectivity index (χ0) is 29.0. The van der Waals surface area contributed by atoms with Crippen LogP contribution in [0.25, 0.3) is 78.2 Å². The Kier molecular flexibility index (Phi) is 5.36. The Labute approximate surface area is 251 Å². The third-order valence-corrected chi connectivity index (χ3v) is 8.13. The van der Waals surface area contributed by atoms with E-state index in [1.54, 1.807) is 6.33 Å². The lowest BCUT2D eigenvalue weighted by Crippen LogP contribution is -2.06. The first-order chi connectivity index (χ1) is 21.8. The van der Waals surface area contributed by atoms with E-state index in [0.717, 1.165) is 60.6 Å². The number of benzene rings is 5. The van der Waals surface area contributed by atoms with Gasteiger partial charge in [0.05, 0.1) is 28.3 Å². The molecular formula is C37H23N7. The minimum absolute atomic E-state index is 0.560. The molecule has 7 heteroatoms. The van der Waals surface area contributed by atoms with E-state index in [0.29, 0.717) is 17.6 Å². The summed E-state index contributed by atoms with van der Waals surface area (Å²) in [4.78, 5) is 24.3. The Morgan fingerprint density at radius 3 is 1.73 bits per heavy atom. The molecule has 4 heterocycles. The lowest BCUT2D eigenvalue weighted by atomic mass is 10.1. The molecule has 5 aromatic carbocycles. The van der Waals surface area contributed by atoms with E-state index in [1.807, 2.05) is 72.9 Å². The molecule has 206 valence electrons. The topological polar surface area (TPSA) is 74.3 Å². The summed E-state index contributed by atoms with van der Waals surface area (Å²) < 4.78 is 4.39. The van der Waals surface area contributed by atoms with Gasteiger partial charge in [0.25, 0.3) is 0 Å². The molecule has 0 bridgehead atoms. The molecule has 0 radical (unpaired) electrons. The molecule has 7 nitrogen and oxygen atoms in total. The van der Waals surface area contributed by atoms with Crippen LogP contribution in [0.5, 0.6) is 0 Å². The number of hydrogen-bond acceptors (Lipinski definition) is 5. The highest BCUT2D eigenvalue weighted by Gasteiger charge is 2.23. The second kappa shape index (κ2) is 9.68. The van der Waals surface area contributed by atoms with E-state index < -0.39 is 0 Å². The van der Waals surface area contributed by atoms with E-state index in [-0.39, 0.29) is 0 Å². The fourth-order valence-corrected chi connectivity index (χ4v) is 6.25. The summed E-state index contributed by atoms with van der Waals surface area (Å²) in [5, 5.41) is 3.26. The fourth-order valence-electron chi connectivity index (χ4n) is 6.25. The monoisotopic (exact) mass is 565 g/mol. The second-order valence-electron chi connectivity index (χ2n) is 10.6. The van der Waals surface area contributed by atoms with Crippen molar-refractivity contribution in [2.75, 3.05) is 0 Å². The van der Waals surface area contributed by atoms with Crippen LogP contribution in [0.2, 0.25) is 0 Å². The van der Waals surface area contributed by atoms with Crippen molar-refractivity contribution in [1.29, 1.82) is 0 Å². The molecule has 0 saturated heterocycles. The van der Waals surface area contributed by atoms with Gasteiger partial charge in [0, 0.05) is 33.0 Å². The molecule has 0 fully saturated rings. The zero-order valence-electron chi connectivity index (χ0n) is 23.4. The Morgan fingerprint density at radius 2 is 1.05 bits per heavy atom. The Hall–Kier alpha value is -6.21. The smallest absolute Gasteiger partial charge is 0.238 e. The number of nitrogens with zero attached hydrogens (tertiary/aromatic N) is 7. The summed E-state index contributed by atoms with van der Waals surface area (Å²) in [7, 11) is 0. The first-order valence-electron chi connectivity index (χ1n) is 14.4. The van der Waals surface area contributed by atoms with Crippen LogP contribution in [0.3, 0.4) is 0 Å². The summed E-state index contributed by atoms with van der Waals surface area (Å²) >= 11 is 0. The van der Waals surface area contributed by atoms with Crippen molar-refractivity contribution in [3.05, 3.63) is 140 Å². The van der Waals surface area contributed by atoms with Crippen molar-refractivity contribution < 1.29 is 0 Å². The van der Waals surface area contributed by atoms with E-state index in [2.05, 4.69) is 74.8 Å². The molecule has 0 amide bonds. The van der Waals surface area contributed by atoms with Crippen LogP contribution in [0, 0.1) is 0 Å². The normalized spacial score (nSPS) is 11.6. The minimum atomic E-state index is 0.560. The molecule has 0 N–H and O–H groups in total. The van der Waals surface area contributed by atoms with Gasteiger partial charge in [-0.15, -0.1) is 0 Å². The average Bonchev–Trinajstić information content (AvgIpc) is 3.62. The third-order valence-electron chi connectivity index (χ3n) is 8.13. The first kappa shape index (κ1) is 24.4. The Morgan fingerprint density at radius 1 is 0.455 bits per heavy atom. The maximum Gasteiger partial charge on any atom is 0.238 e. The number of hydrogen-bond donors (Lipinski definition) is 0. The van der Waals surface area contributed by atoms with Gasteiger partial charge in [-0.25, -0.2) is 15.0 Å².